The summed E-state index contributed by atoms with van der Waals surface area (Å²) in [5.41, 5.74) is 0.771. The van der Waals surface area contributed by atoms with Crippen LogP contribution < -0.4 is 5.32 Å². The van der Waals surface area contributed by atoms with Crippen molar-refractivity contribution in [2.75, 3.05) is 19.6 Å². The van der Waals surface area contributed by atoms with Gasteiger partial charge in [-0.25, -0.2) is 4.79 Å². The number of piperidine rings is 1. The lowest BCUT2D eigenvalue weighted by Gasteiger charge is -2.34. The average Bonchev–Trinajstić information content (AvgIpc) is 2.93. The van der Waals surface area contributed by atoms with E-state index in [0.717, 1.165) is 45.6 Å². The SMILES string of the molecule is CCn1nccc1CNCC1CCCN(C(=O)OC(C)(C)C)C1. The molecular formula is C17H30N4O2. The van der Waals surface area contributed by atoms with Gasteiger partial charge in [-0.1, -0.05) is 0 Å². The number of rotatable bonds is 5. The van der Waals surface area contributed by atoms with E-state index in [4.69, 9.17) is 4.74 Å². The Balaban J connectivity index is 1.77. The fourth-order valence-corrected chi connectivity index (χ4v) is 2.92. The fraction of sp³-hybridized carbons (Fsp3) is 0.765. The zero-order valence-electron chi connectivity index (χ0n) is 14.8. The quantitative estimate of drug-likeness (QED) is 0.905. The summed E-state index contributed by atoms with van der Waals surface area (Å²) in [6.07, 6.45) is 3.84. The van der Waals surface area contributed by atoms with Crippen molar-refractivity contribution in [1.29, 1.82) is 0 Å². The number of amides is 1. The minimum absolute atomic E-state index is 0.189. The summed E-state index contributed by atoms with van der Waals surface area (Å²) in [5, 5.41) is 7.78. The van der Waals surface area contributed by atoms with Crippen molar-refractivity contribution in [3.8, 4) is 0 Å². The Bertz CT molecular complexity index is 507. The number of hydrogen-bond acceptors (Lipinski definition) is 4. The van der Waals surface area contributed by atoms with Gasteiger partial charge in [0.1, 0.15) is 5.60 Å². The Morgan fingerprint density at radius 2 is 2.26 bits per heavy atom. The molecule has 0 aliphatic carbocycles. The molecule has 0 bridgehead atoms. The topological polar surface area (TPSA) is 59.4 Å². The van der Waals surface area contributed by atoms with Gasteiger partial charge in [0.15, 0.2) is 0 Å². The van der Waals surface area contributed by atoms with Crippen molar-refractivity contribution in [3.05, 3.63) is 18.0 Å². The maximum absolute atomic E-state index is 12.2. The highest BCUT2D eigenvalue weighted by atomic mass is 16.6. The van der Waals surface area contributed by atoms with E-state index < -0.39 is 5.60 Å². The molecule has 1 saturated heterocycles. The molecule has 23 heavy (non-hydrogen) atoms. The molecule has 1 aliphatic heterocycles. The van der Waals surface area contributed by atoms with Gasteiger partial charge in [-0.2, -0.15) is 5.10 Å². The monoisotopic (exact) mass is 322 g/mol. The van der Waals surface area contributed by atoms with E-state index in [1.807, 2.05) is 42.6 Å². The molecule has 0 spiro atoms. The largest absolute Gasteiger partial charge is 0.444 e. The number of likely N-dealkylation sites (tertiary alicyclic amines) is 1. The van der Waals surface area contributed by atoms with Crippen molar-refractivity contribution in [2.45, 2.75) is 59.2 Å². The van der Waals surface area contributed by atoms with Crippen molar-refractivity contribution in [3.63, 3.8) is 0 Å². The fourth-order valence-electron chi connectivity index (χ4n) is 2.92. The van der Waals surface area contributed by atoms with Crippen molar-refractivity contribution in [2.24, 2.45) is 5.92 Å². The minimum atomic E-state index is -0.430. The Kier molecular flexibility index (Phi) is 6.04. The van der Waals surface area contributed by atoms with Crippen LogP contribution in [0.4, 0.5) is 4.79 Å². The number of nitrogens with one attached hydrogen (secondary N) is 1. The Morgan fingerprint density at radius 1 is 1.48 bits per heavy atom. The molecule has 1 N–H and O–H groups in total. The third kappa shape index (κ3) is 5.53. The molecule has 1 amide bonds. The molecule has 0 radical (unpaired) electrons. The molecule has 1 aromatic rings. The first-order valence-electron chi connectivity index (χ1n) is 8.58. The Morgan fingerprint density at radius 3 is 2.96 bits per heavy atom. The van der Waals surface area contributed by atoms with Gasteiger partial charge in [-0.3, -0.25) is 4.68 Å². The molecule has 1 unspecified atom stereocenters. The molecule has 1 atom stereocenters. The van der Waals surface area contributed by atoms with Crippen LogP contribution >= 0.6 is 0 Å². The second kappa shape index (κ2) is 7.81. The summed E-state index contributed by atoms with van der Waals surface area (Å²) in [6.45, 7) is 12.0. The summed E-state index contributed by atoms with van der Waals surface area (Å²) in [5.74, 6) is 0.481. The van der Waals surface area contributed by atoms with Gasteiger partial charge in [-0.15, -0.1) is 0 Å². The van der Waals surface area contributed by atoms with Crippen molar-refractivity contribution < 1.29 is 9.53 Å². The van der Waals surface area contributed by atoms with Gasteiger partial charge in [0.05, 0.1) is 5.69 Å². The smallest absolute Gasteiger partial charge is 0.410 e. The summed E-state index contributed by atoms with van der Waals surface area (Å²) >= 11 is 0. The molecule has 1 fully saturated rings. The zero-order valence-corrected chi connectivity index (χ0v) is 14.8. The third-order valence-corrected chi connectivity index (χ3v) is 4.01. The molecule has 0 saturated carbocycles. The van der Waals surface area contributed by atoms with Gasteiger partial charge < -0.3 is 15.0 Å². The standard InChI is InChI=1S/C17H30N4O2/c1-5-21-15(8-9-19-21)12-18-11-14-7-6-10-20(13-14)16(22)23-17(2,3)4/h8-9,14,18H,5-7,10-13H2,1-4H3. The van der Waals surface area contributed by atoms with E-state index >= 15 is 0 Å². The molecule has 130 valence electrons. The van der Waals surface area contributed by atoms with Crippen LogP contribution in [0, 0.1) is 5.92 Å². The average molecular weight is 322 g/mol. The molecule has 6 heteroatoms. The molecular weight excluding hydrogens is 292 g/mol. The van der Waals surface area contributed by atoms with Crippen LogP contribution in [-0.2, 0) is 17.8 Å². The molecule has 0 aromatic carbocycles. The summed E-state index contributed by atoms with van der Waals surface area (Å²) in [4.78, 5) is 14.0. The highest BCUT2D eigenvalue weighted by Gasteiger charge is 2.27. The lowest BCUT2D eigenvalue weighted by molar-refractivity contribution is 0.0166. The molecule has 1 aromatic heterocycles. The lowest BCUT2D eigenvalue weighted by atomic mass is 9.98. The van der Waals surface area contributed by atoms with Crippen LogP contribution in [0.3, 0.4) is 0 Å². The van der Waals surface area contributed by atoms with Crippen LogP contribution in [0.15, 0.2) is 12.3 Å². The van der Waals surface area contributed by atoms with Crippen LogP contribution in [0.25, 0.3) is 0 Å². The van der Waals surface area contributed by atoms with Gasteiger partial charge in [-0.05, 0) is 52.5 Å². The number of hydrogen-bond donors (Lipinski definition) is 1. The Hall–Kier alpha value is -1.56. The van der Waals surface area contributed by atoms with Crippen molar-refractivity contribution >= 4 is 6.09 Å². The zero-order chi connectivity index (χ0) is 16.9. The molecule has 2 heterocycles. The van der Waals surface area contributed by atoms with Gasteiger partial charge >= 0.3 is 6.09 Å². The van der Waals surface area contributed by atoms with Crippen LogP contribution in [0.2, 0.25) is 0 Å². The molecule has 1 aliphatic rings. The molecule has 6 nitrogen and oxygen atoms in total. The first-order chi connectivity index (χ1) is 10.9. The van der Waals surface area contributed by atoms with E-state index in [-0.39, 0.29) is 6.09 Å². The minimum Gasteiger partial charge on any atom is -0.444 e. The highest BCUT2D eigenvalue weighted by molar-refractivity contribution is 5.68. The molecule has 2 rings (SSSR count). The second-order valence-electron chi connectivity index (χ2n) is 7.20. The van der Waals surface area contributed by atoms with E-state index in [2.05, 4.69) is 17.3 Å². The van der Waals surface area contributed by atoms with E-state index in [9.17, 15) is 4.79 Å². The number of carbonyl (C=O) groups is 1. The number of aromatic nitrogens is 2. The third-order valence-electron chi connectivity index (χ3n) is 4.01. The highest BCUT2D eigenvalue weighted by Crippen LogP contribution is 2.19. The number of carbonyl (C=O) groups excluding carboxylic acids is 1. The van der Waals surface area contributed by atoms with Gasteiger partial charge in [0, 0.05) is 38.9 Å². The predicted molar refractivity (Wildman–Crippen MR) is 90.1 cm³/mol. The lowest BCUT2D eigenvalue weighted by Crippen LogP contribution is -2.45. The van der Waals surface area contributed by atoms with Gasteiger partial charge in [0.25, 0.3) is 0 Å². The second-order valence-corrected chi connectivity index (χ2v) is 7.20. The normalized spacial score (nSPS) is 19.0. The van der Waals surface area contributed by atoms with E-state index in [1.54, 1.807) is 0 Å². The number of nitrogens with zero attached hydrogens (tertiary/aromatic N) is 3. The number of ether oxygens (including phenoxy) is 1. The first-order valence-corrected chi connectivity index (χ1v) is 8.58. The van der Waals surface area contributed by atoms with Crippen molar-refractivity contribution in [1.82, 2.24) is 20.0 Å². The maximum atomic E-state index is 12.2. The van der Waals surface area contributed by atoms with E-state index in [0.29, 0.717) is 5.92 Å². The number of aryl methyl sites for hydroxylation is 1. The van der Waals surface area contributed by atoms with Gasteiger partial charge in [0.2, 0.25) is 0 Å². The van der Waals surface area contributed by atoms with E-state index in [1.165, 1.54) is 5.69 Å². The summed E-state index contributed by atoms with van der Waals surface area (Å²) in [7, 11) is 0. The van der Waals surface area contributed by atoms with Crippen LogP contribution in [0.5, 0.6) is 0 Å². The summed E-state index contributed by atoms with van der Waals surface area (Å²) in [6, 6.07) is 2.05. The predicted octanol–water partition coefficient (Wildman–Crippen LogP) is 2.64. The maximum Gasteiger partial charge on any atom is 0.410 e. The first kappa shape index (κ1) is 17.8. The van der Waals surface area contributed by atoms with Crippen LogP contribution in [-0.4, -0.2) is 46.0 Å². The Labute approximate surface area is 139 Å². The summed E-state index contributed by atoms with van der Waals surface area (Å²) < 4.78 is 7.48. The van der Waals surface area contributed by atoms with Crippen LogP contribution in [0.1, 0.15) is 46.2 Å².